The minimum atomic E-state index is -0.633. The summed E-state index contributed by atoms with van der Waals surface area (Å²) < 4.78 is 20.3. The minimum Gasteiger partial charge on any atom is -0.390 e. The zero-order chi connectivity index (χ0) is 16.7. The normalized spacial score (nSPS) is 28.2. The van der Waals surface area contributed by atoms with Crippen LogP contribution in [0.3, 0.4) is 0 Å². The Balaban J connectivity index is 1.65. The minimum absolute atomic E-state index is 0.199. The van der Waals surface area contributed by atoms with Gasteiger partial charge in [-0.1, -0.05) is 17.7 Å². The van der Waals surface area contributed by atoms with E-state index in [1.54, 1.807) is 19.1 Å². The summed E-state index contributed by atoms with van der Waals surface area (Å²) >= 11 is 6.18. The highest BCUT2D eigenvalue weighted by Gasteiger charge is 2.44. The molecule has 3 nitrogen and oxygen atoms in total. The molecule has 1 spiro atoms. The van der Waals surface area contributed by atoms with E-state index in [0.717, 1.165) is 25.9 Å². The molecule has 0 aromatic heterocycles. The highest BCUT2D eigenvalue weighted by Crippen LogP contribution is 2.39. The third-order valence-electron chi connectivity index (χ3n) is 5.28. The van der Waals surface area contributed by atoms with Gasteiger partial charge in [0.25, 0.3) is 0 Å². The van der Waals surface area contributed by atoms with Crippen molar-refractivity contribution < 1.29 is 14.2 Å². The molecule has 1 unspecified atom stereocenters. The Bertz CT molecular complexity index is 583. The second-order valence-corrected chi connectivity index (χ2v) is 7.80. The largest absolute Gasteiger partial charge is 0.390 e. The molecule has 1 atom stereocenters. The molecule has 2 heterocycles. The van der Waals surface area contributed by atoms with Gasteiger partial charge in [0.2, 0.25) is 0 Å². The van der Waals surface area contributed by atoms with E-state index < -0.39 is 5.60 Å². The molecule has 0 saturated carbocycles. The van der Waals surface area contributed by atoms with Gasteiger partial charge in [-0.25, -0.2) is 4.39 Å². The monoisotopic (exact) mass is 341 g/mol. The molecule has 128 valence electrons. The quantitative estimate of drug-likeness (QED) is 0.890. The van der Waals surface area contributed by atoms with Crippen molar-refractivity contribution in [1.29, 1.82) is 0 Å². The summed E-state index contributed by atoms with van der Waals surface area (Å²) in [7, 11) is 0. The lowest BCUT2D eigenvalue weighted by atomic mass is 9.78. The predicted molar refractivity (Wildman–Crippen MR) is 89.2 cm³/mol. The highest BCUT2D eigenvalue weighted by atomic mass is 35.5. The molecule has 0 bridgehead atoms. The molecule has 0 amide bonds. The topological polar surface area (TPSA) is 32.7 Å². The standard InChI is InChI=1S/C18H25ClFNO2/c1-13-3-4-15(19)14(16(13)20)11-21-8-5-18(6-9-21)12-17(2,22)7-10-23-18/h3-4,22H,5-12H2,1-2H3. The van der Waals surface area contributed by atoms with E-state index >= 15 is 0 Å². The lowest BCUT2D eigenvalue weighted by Gasteiger charge is -2.48. The summed E-state index contributed by atoms with van der Waals surface area (Å²) in [4.78, 5) is 2.22. The van der Waals surface area contributed by atoms with Gasteiger partial charge in [-0.3, -0.25) is 4.90 Å². The number of ether oxygens (including phenoxy) is 1. The number of benzene rings is 1. The predicted octanol–water partition coefficient (Wildman–Crippen LogP) is 3.68. The van der Waals surface area contributed by atoms with Gasteiger partial charge in [-0.2, -0.15) is 0 Å². The van der Waals surface area contributed by atoms with Crippen LogP contribution in [0, 0.1) is 12.7 Å². The lowest BCUT2D eigenvalue weighted by Crippen LogP contribution is -2.53. The van der Waals surface area contributed by atoms with Gasteiger partial charge in [-0.15, -0.1) is 0 Å². The van der Waals surface area contributed by atoms with E-state index in [9.17, 15) is 9.50 Å². The molecule has 1 N–H and O–H groups in total. The zero-order valence-electron chi connectivity index (χ0n) is 13.9. The maximum Gasteiger partial charge on any atom is 0.132 e. The molecule has 1 aromatic rings. The SMILES string of the molecule is Cc1ccc(Cl)c(CN2CCC3(CC2)CC(C)(O)CCO3)c1F. The molecule has 3 rings (SSSR count). The number of rotatable bonds is 2. The van der Waals surface area contributed by atoms with Crippen LogP contribution in [0.5, 0.6) is 0 Å². The van der Waals surface area contributed by atoms with Gasteiger partial charge in [0.15, 0.2) is 0 Å². The molecule has 0 radical (unpaired) electrons. The second-order valence-electron chi connectivity index (χ2n) is 7.39. The van der Waals surface area contributed by atoms with Crippen LogP contribution in [0.15, 0.2) is 12.1 Å². The summed E-state index contributed by atoms with van der Waals surface area (Å²) in [6.07, 6.45) is 3.12. The molecule has 1 aromatic carbocycles. The summed E-state index contributed by atoms with van der Waals surface area (Å²) in [5, 5.41) is 10.8. The van der Waals surface area contributed by atoms with Crippen molar-refractivity contribution in [2.24, 2.45) is 0 Å². The van der Waals surface area contributed by atoms with Crippen LogP contribution < -0.4 is 0 Å². The number of hydrogen-bond acceptors (Lipinski definition) is 3. The summed E-state index contributed by atoms with van der Waals surface area (Å²) in [6.45, 7) is 6.47. The number of nitrogens with zero attached hydrogens (tertiary/aromatic N) is 1. The fourth-order valence-corrected chi connectivity index (χ4v) is 4.05. The average Bonchev–Trinajstić information content (AvgIpc) is 2.49. The maximum absolute atomic E-state index is 14.3. The van der Waals surface area contributed by atoms with Crippen LogP contribution in [0.4, 0.5) is 4.39 Å². The number of halogens is 2. The van der Waals surface area contributed by atoms with Crippen LogP contribution in [-0.4, -0.2) is 40.9 Å². The van der Waals surface area contributed by atoms with Crippen molar-refractivity contribution in [3.05, 3.63) is 34.1 Å². The molecule has 2 saturated heterocycles. The Morgan fingerprint density at radius 3 is 2.65 bits per heavy atom. The fraction of sp³-hybridized carbons (Fsp3) is 0.667. The van der Waals surface area contributed by atoms with Crippen molar-refractivity contribution >= 4 is 11.6 Å². The lowest BCUT2D eigenvalue weighted by molar-refractivity contribution is -0.173. The first-order valence-corrected chi connectivity index (χ1v) is 8.70. The summed E-state index contributed by atoms with van der Waals surface area (Å²) in [5.74, 6) is -0.199. The Labute approximate surface area is 142 Å². The van der Waals surface area contributed by atoms with E-state index in [1.807, 2.05) is 6.92 Å². The van der Waals surface area contributed by atoms with Crippen molar-refractivity contribution in [3.63, 3.8) is 0 Å². The van der Waals surface area contributed by atoms with E-state index in [4.69, 9.17) is 16.3 Å². The van der Waals surface area contributed by atoms with Gasteiger partial charge in [0, 0.05) is 36.6 Å². The van der Waals surface area contributed by atoms with E-state index in [0.29, 0.717) is 42.1 Å². The molecular formula is C18H25ClFNO2. The first kappa shape index (κ1) is 17.2. The van der Waals surface area contributed by atoms with Crippen molar-refractivity contribution in [1.82, 2.24) is 4.90 Å². The van der Waals surface area contributed by atoms with Gasteiger partial charge in [0.1, 0.15) is 5.82 Å². The Kier molecular flexibility index (Phi) is 4.71. The number of likely N-dealkylation sites (tertiary alicyclic amines) is 1. The van der Waals surface area contributed by atoms with Crippen molar-refractivity contribution in [2.75, 3.05) is 19.7 Å². The summed E-state index contributed by atoms with van der Waals surface area (Å²) in [5.41, 5.74) is 0.364. The van der Waals surface area contributed by atoms with Gasteiger partial charge in [-0.05, 0) is 44.7 Å². The first-order valence-electron chi connectivity index (χ1n) is 8.33. The number of piperidine rings is 1. The number of aryl methyl sites for hydroxylation is 1. The molecule has 2 aliphatic heterocycles. The van der Waals surface area contributed by atoms with Crippen LogP contribution in [0.1, 0.15) is 43.7 Å². The molecule has 23 heavy (non-hydrogen) atoms. The fourth-order valence-electron chi connectivity index (χ4n) is 3.84. The maximum atomic E-state index is 14.3. The van der Waals surface area contributed by atoms with E-state index in [-0.39, 0.29) is 11.4 Å². The molecule has 0 aliphatic carbocycles. The smallest absolute Gasteiger partial charge is 0.132 e. The molecular weight excluding hydrogens is 317 g/mol. The second kappa shape index (κ2) is 6.32. The highest BCUT2D eigenvalue weighted by molar-refractivity contribution is 6.31. The number of aliphatic hydroxyl groups is 1. The average molecular weight is 342 g/mol. The van der Waals surface area contributed by atoms with Crippen LogP contribution >= 0.6 is 11.6 Å². The van der Waals surface area contributed by atoms with Crippen LogP contribution in [0.2, 0.25) is 5.02 Å². The van der Waals surface area contributed by atoms with Gasteiger partial charge >= 0.3 is 0 Å². The third kappa shape index (κ3) is 3.71. The van der Waals surface area contributed by atoms with Gasteiger partial charge in [0.05, 0.1) is 17.8 Å². The Morgan fingerprint density at radius 2 is 2.00 bits per heavy atom. The van der Waals surface area contributed by atoms with Gasteiger partial charge < -0.3 is 9.84 Å². The first-order chi connectivity index (χ1) is 10.8. The van der Waals surface area contributed by atoms with Crippen LogP contribution in [0.25, 0.3) is 0 Å². The Morgan fingerprint density at radius 1 is 1.30 bits per heavy atom. The van der Waals surface area contributed by atoms with Crippen molar-refractivity contribution in [3.8, 4) is 0 Å². The van der Waals surface area contributed by atoms with E-state index in [1.165, 1.54) is 0 Å². The molecule has 2 fully saturated rings. The van der Waals surface area contributed by atoms with Crippen molar-refractivity contribution in [2.45, 2.75) is 57.3 Å². The Hall–Kier alpha value is -0.680. The summed E-state index contributed by atoms with van der Waals surface area (Å²) in [6, 6.07) is 3.48. The molecule has 2 aliphatic rings. The van der Waals surface area contributed by atoms with Crippen LogP contribution in [-0.2, 0) is 11.3 Å². The third-order valence-corrected chi connectivity index (χ3v) is 5.63. The number of hydrogen-bond donors (Lipinski definition) is 1. The molecule has 5 heteroatoms. The zero-order valence-corrected chi connectivity index (χ0v) is 14.6. The van der Waals surface area contributed by atoms with E-state index in [2.05, 4.69) is 4.90 Å².